The number of halogens is 1. The minimum absolute atomic E-state index is 0.179. The fourth-order valence-electron chi connectivity index (χ4n) is 2.67. The molecule has 0 spiro atoms. The maximum absolute atomic E-state index is 12.3. The standard InChI is InChI=1S/C18H17ClN2O2/c19-15-6-2-7-16(11-15)20-18(23)14-5-1-4-13(10-14)12-21-9-3-8-17(21)22/h1-2,4-7,10-11H,3,8-9,12H2,(H,20,23). The van der Waals surface area contributed by atoms with Crippen LogP contribution in [-0.4, -0.2) is 23.3 Å². The average molecular weight is 329 g/mol. The molecule has 5 heteroatoms. The fraction of sp³-hybridized carbons (Fsp3) is 0.222. The molecule has 1 aliphatic rings. The van der Waals surface area contributed by atoms with E-state index in [1.807, 2.05) is 23.1 Å². The molecule has 0 bridgehead atoms. The van der Waals surface area contributed by atoms with Crippen molar-refractivity contribution in [3.8, 4) is 0 Å². The minimum Gasteiger partial charge on any atom is -0.338 e. The third kappa shape index (κ3) is 3.90. The number of carbonyl (C=O) groups is 2. The summed E-state index contributed by atoms with van der Waals surface area (Å²) >= 11 is 5.92. The molecular formula is C18H17ClN2O2. The maximum atomic E-state index is 12.3. The van der Waals surface area contributed by atoms with Crippen LogP contribution in [0.5, 0.6) is 0 Å². The second-order valence-electron chi connectivity index (χ2n) is 5.58. The number of rotatable bonds is 4. The van der Waals surface area contributed by atoms with Crippen molar-refractivity contribution in [2.24, 2.45) is 0 Å². The lowest BCUT2D eigenvalue weighted by molar-refractivity contribution is -0.128. The topological polar surface area (TPSA) is 49.4 Å². The molecular weight excluding hydrogens is 312 g/mol. The predicted molar refractivity (Wildman–Crippen MR) is 90.5 cm³/mol. The molecule has 4 nitrogen and oxygen atoms in total. The van der Waals surface area contributed by atoms with Crippen molar-refractivity contribution in [3.05, 3.63) is 64.7 Å². The summed E-state index contributed by atoms with van der Waals surface area (Å²) in [5.74, 6) is -0.0133. The van der Waals surface area contributed by atoms with Crippen LogP contribution < -0.4 is 5.32 Å². The summed E-state index contributed by atoms with van der Waals surface area (Å²) in [4.78, 5) is 25.9. The van der Waals surface area contributed by atoms with Crippen LogP contribution in [0.25, 0.3) is 0 Å². The molecule has 0 aliphatic carbocycles. The van der Waals surface area contributed by atoms with Crippen LogP contribution in [-0.2, 0) is 11.3 Å². The van der Waals surface area contributed by atoms with Gasteiger partial charge in [-0.2, -0.15) is 0 Å². The summed E-state index contributed by atoms with van der Waals surface area (Å²) in [5.41, 5.74) is 2.18. The third-order valence-electron chi connectivity index (χ3n) is 3.82. The largest absolute Gasteiger partial charge is 0.338 e. The quantitative estimate of drug-likeness (QED) is 0.930. The zero-order valence-electron chi connectivity index (χ0n) is 12.6. The fourth-order valence-corrected chi connectivity index (χ4v) is 2.86. The van der Waals surface area contributed by atoms with Crippen molar-refractivity contribution in [2.45, 2.75) is 19.4 Å². The number of benzene rings is 2. The lowest BCUT2D eigenvalue weighted by Crippen LogP contribution is -2.24. The van der Waals surface area contributed by atoms with Crippen molar-refractivity contribution in [2.75, 3.05) is 11.9 Å². The van der Waals surface area contributed by atoms with Gasteiger partial charge >= 0.3 is 0 Å². The van der Waals surface area contributed by atoms with E-state index in [1.54, 1.807) is 30.3 Å². The number of likely N-dealkylation sites (tertiary alicyclic amines) is 1. The van der Waals surface area contributed by atoms with E-state index in [0.717, 1.165) is 18.5 Å². The summed E-state index contributed by atoms with van der Waals surface area (Å²) in [5, 5.41) is 3.40. The summed E-state index contributed by atoms with van der Waals surface area (Å²) < 4.78 is 0. The molecule has 1 heterocycles. The van der Waals surface area contributed by atoms with E-state index in [4.69, 9.17) is 11.6 Å². The normalized spacial score (nSPS) is 14.1. The van der Waals surface area contributed by atoms with E-state index in [9.17, 15) is 9.59 Å². The monoisotopic (exact) mass is 328 g/mol. The number of nitrogens with one attached hydrogen (secondary N) is 1. The Bertz CT molecular complexity index is 745. The van der Waals surface area contributed by atoms with Crippen LogP contribution in [0.4, 0.5) is 5.69 Å². The van der Waals surface area contributed by atoms with Gasteiger partial charge in [-0.25, -0.2) is 0 Å². The van der Waals surface area contributed by atoms with Crippen LogP contribution in [0.3, 0.4) is 0 Å². The Balaban J connectivity index is 1.71. The Kier molecular flexibility index (Phi) is 4.63. The van der Waals surface area contributed by atoms with Crippen LogP contribution in [0, 0.1) is 0 Å². The molecule has 1 fully saturated rings. The number of carbonyl (C=O) groups excluding carboxylic acids is 2. The molecule has 2 amide bonds. The van der Waals surface area contributed by atoms with E-state index in [1.165, 1.54) is 0 Å². The Hall–Kier alpha value is -2.33. The van der Waals surface area contributed by atoms with Gasteiger partial charge in [-0.1, -0.05) is 29.8 Å². The van der Waals surface area contributed by atoms with Crippen molar-refractivity contribution >= 4 is 29.1 Å². The van der Waals surface area contributed by atoms with Gasteiger partial charge in [-0.3, -0.25) is 9.59 Å². The first-order valence-corrected chi connectivity index (χ1v) is 7.93. The van der Waals surface area contributed by atoms with Crippen molar-refractivity contribution in [1.29, 1.82) is 0 Å². The molecule has 0 saturated carbocycles. The first-order chi connectivity index (χ1) is 11.1. The second kappa shape index (κ2) is 6.84. The number of hydrogen-bond acceptors (Lipinski definition) is 2. The highest BCUT2D eigenvalue weighted by molar-refractivity contribution is 6.30. The summed E-state index contributed by atoms with van der Waals surface area (Å²) in [6.07, 6.45) is 1.53. The minimum atomic E-state index is -0.193. The van der Waals surface area contributed by atoms with Crippen LogP contribution in [0.1, 0.15) is 28.8 Å². The highest BCUT2D eigenvalue weighted by Gasteiger charge is 2.20. The van der Waals surface area contributed by atoms with Crippen molar-refractivity contribution in [1.82, 2.24) is 4.90 Å². The molecule has 23 heavy (non-hydrogen) atoms. The smallest absolute Gasteiger partial charge is 0.255 e. The van der Waals surface area contributed by atoms with Gasteiger partial charge in [-0.05, 0) is 42.3 Å². The summed E-state index contributed by atoms with van der Waals surface area (Å²) in [6.45, 7) is 1.34. The Labute approximate surface area is 140 Å². The van der Waals surface area contributed by atoms with Crippen LogP contribution in [0.2, 0.25) is 5.02 Å². The summed E-state index contributed by atoms with van der Waals surface area (Å²) in [6, 6.07) is 14.4. The molecule has 1 N–H and O–H groups in total. The van der Waals surface area contributed by atoms with E-state index >= 15 is 0 Å². The molecule has 118 valence electrons. The van der Waals surface area contributed by atoms with Gasteiger partial charge < -0.3 is 10.2 Å². The highest BCUT2D eigenvalue weighted by Crippen LogP contribution is 2.18. The van der Waals surface area contributed by atoms with Gasteiger partial charge in [0.05, 0.1) is 0 Å². The first-order valence-electron chi connectivity index (χ1n) is 7.55. The Morgan fingerprint density at radius 2 is 2.00 bits per heavy atom. The van der Waals surface area contributed by atoms with E-state index < -0.39 is 0 Å². The van der Waals surface area contributed by atoms with Gasteiger partial charge in [0.2, 0.25) is 5.91 Å². The zero-order valence-corrected chi connectivity index (χ0v) is 13.3. The van der Waals surface area contributed by atoms with E-state index in [2.05, 4.69) is 5.32 Å². The van der Waals surface area contributed by atoms with Crippen molar-refractivity contribution in [3.63, 3.8) is 0 Å². The van der Waals surface area contributed by atoms with Crippen LogP contribution in [0.15, 0.2) is 48.5 Å². The molecule has 1 aliphatic heterocycles. The SMILES string of the molecule is O=C(Nc1cccc(Cl)c1)c1cccc(CN2CCCC2=O)c1. The maximum Gasteiger partial charge on any atom is 0.255 e. The second-order valence-corrected chi connectivity index (χ2v) is 6.02. The van der Waals surface area contributed by atoms with E-state index in [-0.39, 0.29) is 11.8 Å². The predicted octanol–water partition coefficient (Wildman–Crippen LogP) is 3.71. The molecule has 1 saturated heterocycles. The number of anilines is 1. The molecule has 0 radical (unpaired) electrons. The zero-order chi connectivity index (χ0) is 16.2. The molecule has 0 unspecified atom stereocenters. The van der Waals surface area contributed by atoms with Crippen LogP contribution >= 0.6 is 11.6 Å². The molecule has 3 rings (SSSR count). The third-order valence-corrected chi connectivity index (χ3v) is 4.05. The van der Waals surface area contributed by atoms with Gasteiger partial charge in [0.25, 0.3) is 5.91 Å². The van der Waals surface area contributed by atoms with Crippen molar-refractivity contribution < 1.29 is 9.59 Å². The van der Waals surface area contributed by atoms with Gasteiger partial charge in [0.1, 0.15) is 0 Å². The van der Waals surface area contributed by atoms with E-state index in [0.29, 0.717) is 29.2 Å². The first kappa shape index (κ1) is 15.6. The van der Waals surface area contributed by atoms with Gasteiger partial charge in [0, 0.05) is 35.8 Å². The lowest BCUT2D eigenvalue weighted by Gasteiger charge is -2.16. The highest BCUT2D eigenvalue weighted by atomic mass is 35.5. The van der Waals surface area contributed by atoms with Gasteiger partial charge in [0.15, 0.2) is 0 Å². The number of amides is 2. The molecule has 2 aromatic rings. The molecule has 0 atom stereocenters. The number of hydrogen-bond donors (Lipinski definition) is 1. The Morgan fingerprint density at radius 1 is 1.17 bits per heavy atom. The molecule has 2 aromatic carbocycles. The van der Waals surface area contributed by atoms with Gasteiger partial charge in [-0.15, -0.1) is 0 Å². The molecule has 0 aromatic heterocycles. The average Bonchev–Trinajstić information content (AvgIpc) is 2.93. The summed E-state index contributed by atoms with van der Waals surface area (Å²) in [7, 11) is 0. The number of nitrogens with zero attached hydrogens (tertiary/aromatic N) is 1. The lowest BCUT2D eigenvalue weighted by atomic mass is 10.1. The Morgan fingerprint density at radius 3 is 2.74 bits per heavy atom.